The molecule has 0 amide bonds. The number of H-pyrrole nitrogens is 1. The monoisotopic (exact) mass is 338 g/mol. The van der Waals surface area contributed by atoms with Gasteiger partial charge in [0.05, 0.1) is 11.6 Å². The highest BCUT2D eigenvalue weighted by Crippen LogP contribution is 2.45. The van der Waals surface area contributed by atoms with Crippen molar-refractivity contribution in [2.75, 3.05) is 13.1 Å². The molecule has 0 bridgehead atoms. The van der Waals surface area contributed by atoms with Crippen LogP contribution in [0.4, 0.5) is 0 Å². The number of likely N-dealkylation sites (N-methyl/N-ethyl adjacent to an activating group) is 1. The summed E-state index contributed by atoms with van der Waals surface area (Å²) < 4.78 is 0. The molecule has 4 heteroatoms. The number of aromatic amines is 1. The highest BCUT2D eigenvalue weighted by Gasteiger charge is 2.41. The molecular formula is C21H26N2O2. The molecule has 0 radical (unpaired) electrons. The summed E-state index contributed by atoms with van der Waals surface area (Å²) in [6.07, 6.45) is 2.03. The Morgan fingerprint density at radius 2 is 2.04 bits per heavy atom. The van der Waals surface area contributed by atoms with Crippen LogP contribution in [0.5, 0.6) is 0 Å². The zero-order chi connectivity index (χ0) is 17.8. The highest BCUT2D eigenvalue weighted by atomic mass is 16.3. The second-order valence-corrected chi connectivity index (χ2v) is 8.15. The summed E-state index contributed by atoms with van der Waals surface area (Å²) in [6, 6.07) is 8.15. The number of hydrogen-bond acceptors (Lipinski definition) is 3. The Kier molecular flexibility index (Phi) is 3.76. The van der Waals surface area contributed by atoms with E-state index >= 15 is 0 Å². The molecule has 2 aliphatic rings. The fourth-order valence-electron chi connectivity index (χ4n) is 4.57. The fraction of sp³-hybridized carbons (Fsp3) is 0.476. The van der Waals surface area contributed by atoms with Crippen LogP contribution in [0.1, 0.15) is 50.9 Å². The SMILES string of the molecule is CCN1CCc2c([nH]c3ccccc23)C1C1=C(O)CC(C)(C)CC1=O. The minimum absolute atomic E-state index is 0.0868. The quantitative estimate of drug-likeness (QED) is 0.859. The normalized spacial score (nSPS) is 24.0. The Hall–Kier alpha value is -2.07. The lowest BCUT2D eigenvalue weighted by Crippen LogP contribution is -2.40. The highest BCUT2D eigenvalue weighted by molar-refractivity contribution is 5.99. The third-order valence-electron chi connectivity index (χ3n) is 5.71. The van der Waals surface area contributed by atoms with Crippen molar-refractivity contribution in [3.05, 3.63) is 46.9 Å². The maximum Gasteiger partial charge on any atom is 0.164 e. The maximum atomic E-state index is 12.9. The number of hydrogen-bond donors (Lipinski definition) is 2. The van der Waals surface area contributed by atoms with Crippen LogP contribution in [0.2, 0.25) is 0 Å². The van der Waals surface area contributed by atoms with E-state index in [-0.39, 0.29) is 23.0 Å². The number of nitrogens with zero attached hydrogens (tertiary/aromatic N) is 1. The van der Waals surface area contributed by atoms with Gasteiger partial charge in [0.15, 0.2) is 5.78 Å². The number of para-hydroxylation sites is 1. The van der Waals surface area contributed by atoms with E-state index in [0.29, 0.717) is 18.4 Å². The molecule has 132 valence electrons. The van der Waals surface area contributed by atoms with Crippen LogP contribution >= 0.6 is 0 Å². The van der Waals surface area contributed by atoms with Crippen molar-refractivity contribution in [3.8, 4) is 0 Å². The largest absolute Gasteiger partial charge is 0.512 e. The standard InChI is InChI=1S/C21H26N2O2/c1-4-23-10-9-14-13-7-5-6-8-15(13)22-19(14)20(23)18-16(24)11-21(2,3)12-17(18)25/h5-8,20,22,24H,4,9-12H2,1-3H3. The van der Waals surface area contributed by atoms with Crippen molar-refractivity contribution < 1.29 is 9.90 Å². The van der Waals surface area contributed by atoms with E-state index in [9.17, 15) is 9.90 Å². The van der Waals surface area contributed by atoms with Gasteiger partial charge in [-0.25, -0.2) is 0 Å². The summed E-state index contributed by atoms with van der Waals surface area (Å²) >= 11 is 0. The molecule has 1 unspecified atom stereocenters. The number of nitrogens with one attached hydrogen (secondary N) is 1. The molecule has 0 spiro atoms. The lowest BCUT2D eigenvalue weighted by atomic mass is 9.73. The Morgan fingerprint density at radius 3 is 2.76 bits per heavy atom. The third kappa shape index (κ3) is 2.60. The van der Waals surface area contributed by atoms with Crippen molar-refractivity contribution >= 4 is 16.7 Å². The van der Waals surface area contributed by atoms with Crippen molar-refractivity contribution in [1.29, 1.82) is 0 Å². The first kappa shape index (κ1) is 16.4. The molecule has 2 aromatic rings. The van der Waals surface area contributed by atoms with E-state index in [1.165, 1.54) is 10.9 Å². The smallest absolute Gasteiger partial charge is 0.164 e. The topological polar surface area (TPSA) is 56.3 Å². The van der Waals surface area contributed by atoms with Crippen LogP contribution < -0.4 is 0 Å². The van der Waals surface area contributed by atoms with Gasteiger partial charge in [0, 0.05) is 36.0 Å². The third-order valence-corrected chi connectivity index (χ3v) is 5.71. The summed E-state index contributed by atoms with van der Waals surface area (Å²) in [7, 11) is 0. The van der Waals surface area contributed by atoms with Gasteiger partial charge in [0.2, 0.25) is 0 Å². The van der Waals surface area contributed by atoms with Crippen LogP contribution in [0.15, 0.2) is 35.6 Å². The molecule has 25 heavy (non-hydrogen) atoms. The minimum atomic E-state index is -0.167. The number of aliphatic hydroxyl groups excluding tert-OH is 1. The predicted molar refractivity (Wildman–Crippen MR) is 99.7 cm³/mol. The molecule has 2 heterocycles. The second kappa shape index (κ2) is 5.73. The molecule has 0 saturated heterocycles. The van der Waals surface area contributed by atoms with E-state index in [1.807, 2.05) is 19.9 Å². The molecule has 1 aliphatic heterocycles. The van der Waals surface area contributed by atoms with Gasteiger partial charge in [-0.05, 0) is 30.0 Å². The van der Waals surface area contributed by atoms with E-state index in [1.54, 1.807) is 0 Å². The van der Waals surface area contributed by atoms with Gasteiger partial charge >= 0.3 is 0 Å². The molecule has 1 aromatic carbocycles. The average Bonchev–Trinajstić information content (AvgIpc) is 2.92. The molecule has 1 aromatic heterocycles. The van der Waals surface area contributed by atoms with E-state index < -0.39 is 0 Å². The molecule has 0 fully saturated rings. The number of aliphatic hydroxyl groups is 1. The van der Waals surface area contributed by atoms with Gasteiger partial charge < -0.3 is 10.1 Å². The van der Waals surface area contributed by atoms with Crippen LogP contribution in [0, 0.1) is 5.41 Å². The zero-order valence-electron chi connectivity index (χ0n) is 15.2. The van der Waals surface area contributed by atoms with Crippen LogP contribution in [-0.2, 0) is 11.2 Å². The number of rotatable bonds is 2. The van der Waals surface area contributed by atoms with Crippen LogP contribution in [0.25, 0.3) is 10.9 Å². The zero-order valence-corrected chi connectivity index (χ0v) is 15.2. The lowest BCUT2D eigenvalue weighted by molar-refractivity contribution is -0.119. The number of benzene rings is 1. The van der Waals surface area contributed by atoms with Gasteiger partial charge in [0.25, 0.3) is 0 Å². The van der Waals surface area contributed by atoms with Gasteiger partial charge in [-0.15, -0.1) is 0 Å². The minimum Gasteiger partial charge on any atom is -0.512 e. The summed E-state index contributed by atoms with van der Waals surface area (Å²) in [6.45, 7) is 7.97. The first-order valence-electron chi connectivity index (χ1n) is 9.20. The van der Waals surface area contributed by atoms with Crippen molar-refractivity contribution in [2.24, 2.45) is 5.41 Å². The van der Waals surface area contributed by atoms with E-state index in [4.69, 9.17) is 0 Å². The Labute approximate surface area is 148 Å². The van der Waals surface area contributed by atoms with E-state index in [2.05, 4.69) is 35.0 Å². The molecule has 4 rings (SSSR count). The molecule has 2 N–H and O–H groups in total. The molecule has 1 aliphatic carbocycles. The van der Waals surface area contributed by atoms with Gasteiger partial charge in [-0.2, -0.15) is 0 Å². The van der Waals surface area contributed by atoms with Gasteiger partial charge in [-0.3, -0.25) is 9.69 Å². The molecule has 4 nitrogen and oxygen atoms in total. The number of carbonyl (C=O) groups excluding carboxylic acids is 1. The Bertz CT molecular complexity index is 875. The van der Waals surface area contributed by atoms with Gasteiger partial charge in [-0.1, -0.05) is 39.0 Å². The summed E-state index contributed by atoms with van der Waals surface area (Å²) in [4.78, 5) is 18.8. The maximum absolute atomic E-state index is 12.9. The Balaban J connectivity index is 1.90. The average molecular weight is 338 g/mol. The number of aromatic nitrogens is 1. The van der Waals surface area contributed by atoms with Crippen molar-refractivity contribution in [3.63, 3.8) is 0 Å². The molecular weight excluding hydrogens is 312 g/mol. The lowest BCUT2D eigenvalue weighted by Gasteiger charge is -2.39. The van der Waals surface area contributed by atoms with Crippen molar-refractivity contribution in [1.82, 2.24) is 9.88 Å². The summed E-state index contributed by atoms with van der Waals surface area (Å²) in [5, 5.41) is 12.0. The molecule has 0 saturated carbocycles. The molecule has 1 atom stereocenters. The number of allylic oxidation sites excluding steroid dienone is 1. The Morgan fingerprint density at radius 1 is 1.28 bits per heavy atom. The van der Waals surface area contributed by atoms with E-state index in [0.717, 1.165) is 30.7 Å². The first-order chi connectivity index (χ1) is 11.9. The first-order valence-corrected chi connectivity index (χ1v) is 9.20. The summed E-state index contributed by atoms with van der Waals surface area (Å²) in [5.41, 5.74) is 3.93. The second-order valence-electron chi connectivity index (χ2n) is 8.15. The summed E-state index contributed by atoms with van der Waals surface area (Å²) in [5.74, 6) is 0.361. The van der Waals surface area contributed by atoms with Crippen LogP contribution in [0.3, 0.4) is 0 Å². The number of ketones is 1. The fourth-order valence-corrected chi connectivity index (χ4v) is 4.57. The van der Waals surface area contributed by atoms with Gasteiger partial charge in [0.1, 0.15) is 5.76 Å². The number of fused-ring (bicyclic) bond motifs is 3. The number of carbonyl (C=O) groups is 1. The van der Waals surface area contributed by atoms with Crippen molar-refractivity contribution in [2.45, 2.75) is 46.1 Å². The number of Topliss-reactive ketones (excluding diaryl/α,β-unsaturated/α-hetero) is 1. The van der Waals surface area contributed by atoms with Crippen LogP contribution in [-0.4, -0.2) is 33.9 Å². The predicted octanol–water partition coefficient (Wildman–Crippen LogP) is 4.29.